The molecule has 2 rings (SSSR count). The van der Waals surface area contributed by atoms with E-state index in [4.69, 9.17) is 0 Å². The zero-order chi connectivity index (χ0) is 10.7. The first kappa shape index (κ1) is 10.4. The molecule has 0 N–H and O–H groups in total. The molecule has 4 heteroatoms. The summed E-state index contributed by atoms with van der Waals surface area (Å²) in [6, 6.07) is 6.89. The number of alkyl halides is 2. The lowest BCUT2D eigenvalue weighted by atomic mass is 10.1. The second-order valence-corrected chi connectivity index (χ2v) is 3.66. The van der Waals surface area contributed by atoms with Crippen LogP contribution in [0.5, 0.6) is 5.75 Å². The Labute approximate surface area is 87.5 Å². The fraction of sp³-hybridized carbons (Fsp3) is 0.455. The van der Waals surface area contributed by atoms with Crippen molar-refractivity contribution in [3.8, 4) is 5.75 Å². The van der Waals surface area contributed by atoms with Crippen LogP contribution in [0.15, 0.2) is 24.3 Å². The Kier molecular flexibility index (Phi) is 3.16. The van der Waals surface area contributed by atoms with Crippen molar-refractivity contribution in [1.82, 2.24) is 4.90 Å². The molecule has 0 unspecified atom stereocenters. The molecule has 1 aromatic carbocycles. The molecule has 1 aromatic rings. The highest BCUT2D eigenvalue weighted by Crippen LogP contribution is 2.18. The van der Waals surface area contributed by atoms with Crippen molar-refractivity contribution in [3.63, 3.8) is 0 Å². The van der Waals surface area contributed by atoms with Crippen LogP contribution in [0.1, 0.15) is 12.0 Å². The predicted molar refractivity (Wildman–Crippen MR) is 53.0 cm³/mol. The lowest BCUT2D eigenvalue weighted by Crippen LogP contribution is -2.36. The van der Waals surface area contributed by atoms with Gasteiger partial charge in [0.1, 0.15) is 5.75 Å². The molecule has 1 fully saturated rings. The third kappa shape index (κ3) is 2.89. The van der Waals surface area contributed by atoms with Crippen LogP contribution < -0.4 is 4.74 Å². The van der Waals surface area contributed by atoms with Gasteiger partial charge in [0.15, 0.2) is 0 Å². The quantitative estimate of drug-likeness (QED) is 0.761. The van der Waals surface area contributed by atoms with Gasteiger partial charge in [-0.3, -0.25) is 4.90 Å². The van der Waals surface area contributed by atoms with Crippen LogP contribution in [-0.4, -0.2) is 24.6 Å². The van der Waals surface area contributed by atoms with Gasteiger partial charge in [-0.1, -0.05) is 12.1 Å². The maximum Gasteiger partial charge on any atom is 0.387 e. The fourth-order valence-corrected chi connectivity index (χ4v) is 1.62. The Bertz CT molecular complexity index is 326. The van der Waals surface area contributed by atoms with E-state index in [0.29, 0.717) is 0 Å². The van der Waals surface area contributed by atoms with Crippen molar-refractivity contribution in [1.29, 1.82) is 0 Å². The first-order valence-electron chi connectivity index (χ1n) is 5.00. The lowest BCUT2D eigenvalue weighted by molar-refractivity contribution is -0.0499. The Morgan fingerprint density at radius 3 is 2.73 bits per heavy atom. The van der Waals surface area contributed by atoms with E-state index in [2.05, 4.69) is 9.64 Å². The summed E-state index contributed by atoms with van der Waals surface area (Å²) in [5, 5.41) is 0. The molecule has 0 bridgehead atoms. The van der Waals surface area contributed by atoms with Crippen LogP contribution in [0.25, 0.3) is 0 Å². The highest BCUT2D eigenvalue weighted by Gasteiger charge is 2.14. The van der Waals surface area contributed by atoms with Gasteiger partial charge in [0.25, 0.3) is 0 Å². The smallest absolute Gasteiger partial charge is 0.387 e. The standard InChI is InChI=1S/C11H13F2NO/c12-11(13)15-10-4-1-3-9(7-10)8-14-5-2-6-14/h1,3-4,7,11H,2,5-6,8H2. The number of halogens is 2. The molecule has 15 heavy (non-hydrogen) atoms. The molecule has 0 spiro atoms. The molecule has 0 atom stereocenters. The topological polar surface area (TPSA) is 12.5 Å². The Hall–Kier alpha value is -1.16. The largest absolute Gasteiger partial charge is 0.435 e. The molecule has 0 saturated carbocycles. The van der Waals surface area contributed by atoms with E-state index in [0.717, 1.165) is 25.2 Å². The number of rotatable bonds is 4. The third-order valence-electron chi connectivity index (χ3n) is 2.48. The summed E-state index contributed by atoms with van der Waals surface area (Å²) in [5.74, 6) is 0.239. The Morgan fingerprint density at radius 2 is 2.13 bits per heavy atom. The summed E-state index contributed by atoms with van der Waals surface area (Å²) in [6.07, 6.45) is 1.23. The van der Waals surface area contributed by atoms with E-state index in [-0.39, 0.29) is 5.75 Å². The molecular formula is C11H13F2NO. The Balaban J connectivity index is 1.98. The highest BCUT2D eigenvalue weighted by molar-refractivity contribution is 5.28. The van der Waals surface area contributed by atoms with Crippen LogP contribution in [0, 0.1) is 0 Å². The average Bonchev–Trinajstić information content (AvgIpc) is 2.11. The van der Waals surface area contributed by atoms with Gasteiger partial charge in [0, 0.05) is 6.54 Å². The zero-order valence-corrected chi connectivity index (χ0v) is 8.33. The summed E-state index contributed by atoms with van der Waals surface area (Å²) in [5.41, 5.74) is 1.02. The minimum atomic E-state index is -2.75. The monoisotopic (exact) mass is 213 g/mol. The van der Waals surface area contributed by atoms with E-state index < -0.39 is 6.61 Å². The van der Waals surface area contributed by atoms with Crippen molar-refractivity contribution in [2.24, 2.45) is 0 Å². The van der Waals surface area contributed by atoms with Crippen LogP contribution in [0.4, 0.5) is 8.78 Å². The van der Waals surface area contributed by atoms with Gasteiger partial charge < -0.3 is 4.74 Å². The minimum absolute atomic E-state index is 0.239. The number of hydrogen-bond donors (Lipinski definition) is 0. The van der Waals surface area contributed by atoms with E-state index in [1.807, 2.05) is 6.07 Å². The molecular weight excluding hydrogens is 200 g/mol. The first-order chi connectivity index (χ1) is 7.24. The third-order valence-corrected chi connectivity index (χ3v) is 2.48. The summed E-state index contributed by atoms with van der Waals surface area (Å²) in [7, 11) is 0. The molecule has 1 saturated heterocycles. The van der Waals surface area contributed by atoms with Crippen molar-refractivity contribution in [2.75, 3.05) is 13.1 Å². The number of ether oxygens (including phenoxy) is 1. The number of likely N-dealkylation sites (tertiary alicyclic amines) is 1. The van der Waals surface area contributed by atoms with E-state index >= 15 is 0 Å². The van der Waals surface area contributed by atoms with Crippen molar-refractivity contribution >= 4 is 0 Å². The van der Waals surface area contributed by atoms with E-state index in [1.165, 1.54) is 6.42 Å². The molecule has 0 aromatic heterocycles. The average molecular weight is 213 g/mol. The van der Waals surface area contributed by atoms with E-state index in [1.54, 1.807) is 18.2 Å². The molecule has 82 valence electrons. The highest BCUT2D eigenvalue weighted by atomic mass is 19.3. The molecule has 1 aliphatic rings. The van der Waals surface area contributed by atoms with Crippen molar-refractivity contribution in [3.05, 3.63) is 29.8 Å². The van der Waals surface area contributed by atoms with Gasteiger partial charge in [-0.15, -0.1) is 0 Å². The van der Waals surface area contributed by atoms with Crippen LogP contribution in [-0.2, 0) is 6.54 Å². The molecule has 1 aliphatic heterocycles. The van der Waals surface area contributed by atoms with Gasteiger partial charge >= 0.3 is 6.61 Å². The molecule has 0 aliphatic carbocycles. The van der Waals surface area contributed by atoms with Gasteiger partial charge in [-0.05, 0) is 37.2 Å². The molecule has 0 amide bonds. The second kappa shape index (κ2) is 4.57. The molecule has 0 radical (unpaired) electrons. The maximum absolute atomic E-state index is 12.0. The first-order valence-corrected chi connectivity index (χ1v) is 5.00. The number of hydrogen-bond acceptors (Lipinski definition) is 2. The SMILES string of the molecule is FC(F)Oc1cccc(CN2CCC2)c1. The van der Waals surface area contributed by atoms with Crippen LogP contribution in [0.2, 0.25) is 0 Å². The fourth-order valence-electron chi connectivity index (χ4n) is 1.62. The van der Waals surface area contributed by atoms with Crippen molar-refractivity contribution < 1.29 is 13.5 Å². The number of nitrogens with zero attached hydrogens (tertiary/aromatic N) is 1. The number of benzene rings is 1. The van der Waals surface area contributed by atoms with Gasteiger partial charge in [0.2, 0.25) is 0 Å². The van der Waals surface area contributed by atoms with Gasteiger partial charge in [-0.2, -0.15) is 8.78 Å². The lowest BCUT2D eigenvalue weighted by Gasteiger charge is -2.30. The Morgan fingerprint density at radius 1 is 1.33 bits per heavy atom. The second-order valence-electron chi connectivity index (χ2n) is 3.66. The summed E-state index contributed by atoms with van der Waals surface area (Å²) in [4.78, 5) is 2.27. The summed E-state index contributed by atoms with van der Waals surface area (Å²) < 4.78 is 28.3. The zero-order valence-electron chi connectivity index (χ0n) is 8.33. The van der Waals surface area contributed by atoms with Crippen LogP contribution in [0.3, 0.4) is 0 Å². The molecule has 1 heterocycles. The van der Waals surface area contributed by atoms with Gasteiger partial charge in [-0.25, -0.2) is 0 Å². The predicted octanol–water partition coefficient (Wildman–Crippen LogP) is 2.49. The van der Waals surface area contributed by atoms with Crippen LogP contribution >= 0.6 is 0 Å². The summed E-state index contributed by atoms with van der Waals surface area (Å²) >= 11 is 0. The van der Waals surface area contributed by atoms with Gasteiger partial charge in [0.05, 0.1) is 0 Å². The maximum atomic E-state index is 12.0. The summed E-state index contributed by atoms with van der Waals surface area (Å²) in [6.45, 7) is 0.268. The normalized spacial score (nSPS) is 16.5. The minimum Gasteiger partial charge on any atom is -0.435 e. The van der Waals surface area contributed by atoms with E-state index in [9.17, 15) is 8.78 Å². The van der Waals surface area contributed by atoms with Crippen molar-refractivity contribution in [2.45, 2.75) is 19.6 Å². The molecule has 2 nitrogen and oxygen atoms in total.